The van der Waals surface area contributed by atoms with Gasteiger partial charge in [0.15, 0.2) is 0 Å². The van der Waals surface area contributed by atoms with Crippen molar-refractivity contribution in [2.24, 2.45) is 11.8 Å². The van der Waals surface area contributed by atoms with Crippen LogP contribution in [0.4, 0.5) is 5.82 Å². The number of aromatic nitrogens is 2. The Balaban J connectivity index is 1.43. The molecule has 0 spiro atoms. The summed E-state index contributed by atoms with van der Waals surface area (Å²) in [7, 11) is 2.11. The number of carbonyl (C=O) groups excluding carboxylic acids is 1. The van der Waals surface area contributed by atoms with E-state index in [0.717, 1.165) is 63.4 Å². The highest BCUT2D eigenvalue weighted by atomic mass is 16.2. The summed E-state index contributed by atoms with van der Waals surface area (Å²) >= 11 is 0. The first kappa shape index (κ1) is 15.8. The largest absolute Gasteiger partial charge is 0.359 e. The Morgan fingerprint density at radius 3 is 2.88 bits per heavy atom. The van der Waals surface area contributed by atoms with Gasteiger partial charge in [-0.25, -0.2) is 9.97 Å². The first-order chi connectivity index (χ1) is 11.7. The van der Waals surface area contributed by atoms with Crippen LogP contribution in [0, 0.1) is 11.8 Å². The SMILES string of the molecule is CN(CCC1CNNC1)c1ncnc2c1CCN(C(=O)C1CC1)C2. The Hall–Kier alpha value is -1.73. The zero-order chi connectivity index (χ0) is 16.5. The van der Waals surface area contributed by atoms with E-state index in [1.807, 2.05) is 4.90 Å². The second kappa shape index (κ2) is 6.64. The van der Waals surface area contributed by atoms with E-state index in [9.17, 15) is 4.79 Å². The van der Waals surface area contributed by atoms with Gasteiger partial charge in [-0.2, -0.15) is 0 Å². The second-order valence-corrected chi connectivity index (χ2v) is 7.24. The van der Waals surface area contributed by atoms with Gasteiger partial charge in [0.25, 0.3) is 0 Å². The Bertz CT molecular complexity index is 611. The highest BCUT2D eigenvalue weighted by molar-refractivity contribution is 5.81. The van der Waals surface area contributed by atoms with E-state index in [-0.39, 0.29) is 5.92 Å². The standard InChI is InChI=1S/C17H26N6O/c1-22(6-4-12-8-20-21-9-12)16-14-5-7-23(17(24)13-2-3-13)10-15(14)18-11-19-16/h11-13,20-21H,2-10H2,1H3. The van der Waals surface area contributed by atoms with E-state index in [2.05, 4.69) is 32.8 Å². The van der Waals surface area contributed by atoms with Crippen molar-refractivity contribution in [3.63, 3.8) is 0 Å². The molecule has 0 aromatic carbocycles. The van der Waals surface area contributed by atoms with Gasteiger partial charge in [0.1, 0.15) is 12.1 Å². The average Bonchev–Trinajstić information content (AvgIpc) is 3.34. The van der Waals surface area contributed by atoms with Gasteiger partial charge in [0, 0.05) is 44.7 Å². The number of anilines is 1. The Morgan fingerprint density at radius 2 is 2.12 bits per heavy atom. The number of hydrogen-bond donors (Lipinski definition) is 2. The van der Waals surface area contributed by atoms with Crippen LogP contribution in [-0.2, 0) is 17.8 Å². The summed E-state index contributed by atoms with van der Waals surface area (Å²) in [6.45, 7) is 4.50. The Labute approximate surface area is 142 Å². The van der Waals surface area contributed by atoms with Crippen molar-refractivity contribution in [1.82, 2.24) is 25.7 Å². The maximum atomic E-state index is 12.3. The molecule has 130 valence electrons. The zero-order valence-corrected chi connectivity index (χ0v) is 14.3. The van der Waals surface area contributed by atoms with Crippen LogP contribution in [-0.4, -0.2) is 54.0 Å². The number of nitrogens with zero attached hydrogens (tertiary/aromatic N) is 4. The molecule has 1 aromatic heterocycles. The van der Waals surface area contributed by atoms with Crippen LogP contribution in [0.25, 0.3) is 0 Å². The molecule has 0 radical (unpaired) electrons. The van der Waals surface area contributed by atoms with Crippen molar-refractivity contribution in [2.45, 2.75) is 32.2 Å². The minimum Gasteiger partial charge on any atom is -0.359 e. The molecule has 1 saturated carbocycles. The number of fused-ring (bicyclic) bond motifs is 1. The third-order valence-corrected chi connectivity index (χ3v) is 5.36. The van der Waals surface area contributed by atoms with Gasteiger partial charge in [-0.3, -0.25) is 15.6 Å². The van der Waals surface area contributed by atoms with Crippen LogP contribution in [0.5, 0.6) is 0 Å². The topological polar surface area (TPSA) is 73.4 Å². The molecule has 2 aliphatic heterocycles. The maximum Gasteiger partial charge on any atom is 0.226 e. The number of nitrogens with one attached hydrogen (secondary N) is 2. The highest BCUT2D eigenvalue weighted by Gasteiger charge is 2.35. The molecular formula is C17H26N6O. The predicted molar refractivity (Wildman–Crippen MR) is 91.3 cm³/mol. The number of carbonyl (C=O) groups is 1. The van der Waals surface area contributed by atoms with Crippen LogP contribution in [0.3, 0.4) is 0 Å². The lowest BCUT2D eigenvalue weighted by Crippen LogP contribution is -2.38. The van der Waals surface area contributed by atoms with E-state index < -0.39 is 0 Å². The summed E-state index contributed by atoms with van der Waals surface area (Å²) < 4.78 is 0. The molecule has 3 aliphatic rings. The van der Waals surface area contributed by atoms with Crippen molar-refractivity contribution < 1.29 is 4.79 Å². The van der Waals surface area contributed by atoms with Crippen molar-refractivity contribution in [3.05, 3.63) is 17.6 Å². The van der Waals surface area contributed by atoms with Crippen LogP contribution in [0.15, 0.2) is 6.33 Å². The minimum atomic E-state index is 0.282. The van der Waals surface area contributed by atoms with Gasteiger partial charge in [-0.05, 0) is 31.6 Å². The predicted octanol–water partition coefficient (Wildman–Crippen LogP) is 0.322. The third-order valence-electron chi connectivity index (χ3n) is 5.36. The monoisotopic (exact) mass is 330 g/mol. The van der Waals surface area contributed by atoms with Crippen molar-refractivity contribution in [2.75, 3.05) is 38.1 Å². The van der Waals surface area contributed by atoms with Gasteiger partial charge >= 0.3 is 0 Å². The molecule has 1 saturated heterocycles. The zero-order valence-electron chi connectivity index (χ0n) is 14.3. The molecule has 1 aromatic rings. The van der Waals surface area contributed by atoms with E-state index in [4.69, 9.17) is 0 Å². The molecule has 7 heteroatoms. The fourth-order valence-electron chi connectivity index (χ4n) is 3.63. The van der Waals surface area contributed by atoms with Crippen LogP contribution in [0.2, 0.25) is 0 Å². The first-order valence-corrected chi connectivity index (χ1v) is 9.00. The van der Waals surface area contributed by atoms with Gasteiger partial charge in [0.2, 0.25) is 5.91 Å². The van der Waals surface area contributed by atoms with Crippen LogP contribution in [0.1, 0.15) is 30.5 Å². The second-order valence-electron chi connectivity index (χ2n) is 7.24. The molecule has 7 nitrogen and oxygen atoms in total. The van der Waals surface area contributed by atoms with E-state index >= 15 is 0 Å². The number of amides is 1. The first-order valence-electron chi connectivity index (χ1n) is 9.00. The third kappa shape index (κ3) is 3.23. The van der Waals surface area contributed by atoms with E-state index in [1.54, 1.807) is 6.33 Å². The summed E-state index contributed by atoms with van der Waals surface area (Å²) in [5.41, 5.74) is 8.62. The van der Waals surface area contributed by atoms with Crippen molar-refractivity contribution in [1.29, 1.82) is 0 Å². The van der Waals surface area contributed by atoms with Gasteiger partial charge in [-0.15, -0.1) is 0 Å². The van der Waals surface area contributed by atoms with Crippen LogP contribution < -0.4 is 15.8 Å². The normalized spacial score (nSPS) is 21.0. The smallest absolute Gasteiger partial charge is 0.226 e. The highest BCUT2D eigenvalue weighted by Crippen LogP contribution is 2.33. The number of rotatable bonds is 5. The lowest BCUT2D eigenvalue weighted by atomic mass is 10.0. The molecule has 0 atom stereocenters. The molecule has 2 N–H and O–H groups in total. The minimum absolute atomic E-state index is 0.282. The quantitative estimate of drug-likeness (QED) is 0.810. The molecule has 0 bridgehead atoms. The Morgan fingerprint density at radius 1 is 1.33 bits per heavy atom. The molecule has 4 rings (SSSR count). The van der Waals surface area contributed by atoms with Gasteiger partial charge < -0.3 is 9.80 Å². The summed E-state index contributed by atoms with van der Waals surface area (Å²) in [6, 6.07) is 0. The summed E-state index contributed by atoms with van der Waals surface area (Å²) in [5, 5.41) is 0. The lowest BCUT2D eigenvalue weighted by molar-refractivity contribution is -0.133. The van der Waals surface area contributed by atoms with Crippen molar-refractivity contribution in [3.8, 4) is 0 Å². The van der Waals surface area contributed by atoms with Crippen LogP contribution >= 0.6 is 0 Å². The van der Waals surface area contributed by atoms with Gasteiger partial charge in [-0.1, -0.05) is 0 Å². The van der Waals surface area contributed by atoms with Crippen molar-refractivity contribution >= 4 is 11.7 Å². The fourth-order valence-corrected chi connectivity index (χ4v) is 3.63. The summed E-state index contributed by atoms with van der Waals surface area (Å²) in [5.74, 6) is 2.31. The summed E-state index contributed by atoms with van der Waals surface area (Å²) in [6.07, 6.45) is 5.77. The molecule has 0 unspecified atom stereocenters. The molecule has 1 aliphatic carbocycles. The lowest BCUT2D eigenvalue weighted by Gasteiger charge is -2.31. The van der Waals surface area contributed by atoms with Gasteiger partial charge in [0.05, 0.1) is 12.2 Å². The molecule has 1 amide bonds. The molecule has 3 heterocycles. The summed E-state index contributed by atoms with van der Waals surface area (Å²) in [4.78, 5) is 25.5. The maximum absolute atomic E-state index is 12.3. The average molecular weight is 330 g/mol. The number of hydrogen-bond acceptors (Lipinski definition) is 6. The van der Waals surface area contributed by atoms with E-state index in [0.29, 0.717) is 18.4 Å². The van der Waals surface area contributed by atoms with E-state index in [1.165, 1.54) is 5.56 Å². The molecule has 24 heavy (non-hydrogen) atoms. The molecule has 2 fully saturated rings. The fraction of sp³-hybridized carbons (Fsp3) is 0.706. The molecular weight excluding hydrogens is 304 g/mol. The number of hydrazine groups is 1. The Kier molecular flexibility index (Phi) is 4.37.